The van der Waals surface area contributed by atoms with Gasteiger partial charge in [-0.1, -0.05) is 23.9 Å². The number of piperidine rings is 1. The molecule has 0 radical (unpaired) electrons. The van der Waals surface area contributed by atoms with E-state index in [1.54, 1.807) is 24.5 Å². The molecule has 6 nitrogen and oxygen atoms in total. The Bertz CT molecular complexity index is 899. The van der Waals surface area contributed by atoms with Gasteiger partial charge in [-0.25, -0.2) is 19.3 Å². The van der Waals surface area contributed by atoms with Crippen LogP contribution in [-0.2, 0) is 4.79 Å². The van der Waals surface area contributed by atoms with Gasteiger partial charge in [0.05, 0.1) is 17.3 Å². The summed E-state index contributed by atoms with van der Waals surface area (Å²) in [6.45, 7) is 0.528. The minimum atomic E-state index is -0.380. The molecule has 1 aromatic carbocycles. The predicted molar refractivity (Wildman–Crippen MR) is 89.3 cm³/mol. The van der Waals surface area contributed by atoms with Crippen molar-refractivity contribution in [1.82, 2.24) is 19.9 Å². The standard InChI is InChI=1S/C16H14FN5OS/c17-10-4-1-2-5-11(10)22-7-3-6-12(16(22)23)24-15-13-14(19-8-18-13)20-9-21-15/h1-2,4-5,8-9,12H,3,6-7H2,(H,18,19,20,21)/t12-/m1/s1. The third kappa shape index (κ3) is 2.62. The van der Waals surface area contributed by atoms with Crippen molar-refractivity contribution in [1.29, 1.82) is 0 Å². The fourth-order valence-electron chi connectivity index (χ4n) is 2.83. The first-order chi connectivity index (χ1) is 11.7. The topological polar surface area (TPSA) is 74.8 Å². The molecular weight excluding hydrogens is 329 g/mol. The Morgan fingerprint density at radius 1 is 1.25 bits per heavy atom. The van der Waals surface area contributed by atoms with Gasteiger partial charge >= 0.3 is 0 Å². The van der Waals surface area contributed by atoms with E-state index >= 15 is 0 Å². The van der Waals surface area contributed by atoms with Crippen molar-refractivity contribution in [2.75, 3.05) is 11.4 Å². The maximum absolute atomic E-state index is 14.0. The number of carbonyl (C=O) groups is 1. The van der Waals surface area contributed by atoms with Crippen LogP contribution in [0.3, 0.4) is 0 Å². The molecule has 1 aliphatic heterocycles. The molecule has 3 heterocycles. The number of anilines is 1. The Labute approximate surface area is 141 Å². The highest BCUT2D eigenvalue weighted by Gasteiger charge is 2.32. The number of hydrogen-bond acceptors (Lipinski definition) is 5. The molecule has 1 atom stereocenters. The highest BCUT2D eigenvalue weighted by molar-refractivity contribution is 8.00. The number of benzene rings is 1. The van der Waals surface area contributed by atoms with Crippen LogP contribution in [-0.4, -0.2) is 37.6 Å². The van der Waals surface area contributed by atoms with Crippen LogP contribution in [0.1, 0.15) is 12.8 Å². The van der Waals surface area contributed by atoms with E-state index in [0.717, 1.165) is 18.4 Å². The first-order valence-corrected chi connectivity index (χ1v) is 8.48. The van der Waals surface area contributed by atoms with Gasteiger partial charge in [-0.3, -0.25) is 4.79 Å². The minimum Gasteiger partial charge on any atom is -0.341 e. The van der Waals surface area contributed by atoms with Crippen LogP contribution in [0.2, 0.25) is 0 Å². The number of carbonyl (C=O) groups excluding carboxylic acids is 1. The SMILES string of the molecule is O=C1[C@H](Sc2ncnc3nc[nH]c23)CCCN1c1ccccc1F. The largest absolute Gasteiger partial charge is 0.341 e. The summed E-state index contributed by atoms with van der Waals surface area (Å²) in [5.74, 6) is -0.475. The fourth-order valence-corrected chi connectivity index (χ4v) is 3.99. The average molecular weight is 343 g/mol. The van der Waals surface area contributed by atoms with Crippen molar-refractivity contribution in [2.45, 2.75) is 23.1 Å². The lowest BCUT2D eigenvalue weighted by Gasteiger charge is -2.32. The summed E-state index contributed by atoms with van der Waals surface area (Å²) in [6, 6.07) is 6.37. The number of halogens is 1. The smallest absolute Gasteiger partial charge is 0.240 e. The molecule has 1 N–H and O–H groups in total. The summed E-state index contributed by atoms with van der Waals surface area (Å²) in [7, 11) is 0. The van der Waals surface area contributed by atoms with Gasteiger partial charge < -0.3 is 9.88 Å². The van der Waals surface area contributed by atoms with E-state index in [1.807, 2.05) is 0 Å². The number of rotatable bonds is 3. The zero-order valence-corrected chi connectivity index (χ0v) is 13.5. The Morgan fingerprint density at radius 3 is 3.00 bits per heavy atom. The lowest BCUT2D eigenvalue weighted by Crippen LogP contribution is -2.43. The van der Waals surface area contributed by atoms with Crippen LogP contribution in [0, 0.1) is 5.82 Å². The van der Waals surface area contributed by atoms with Crippen LogP contribution in [0.5, 0.6) is 0 Å². The molecule has 4 rings (SSSR count). The number of imidazole rings is 1. The van der Waals surface area contributed by atoms with E-state index in [4.69, 9.17) is 0 Å². The monoisotopic (exact) mass is 343 g/mol. The summed E-state index contributed by atoms with van der Waals surface area (Å²) in [4.78, 5) is 29.8. The average Bonchev–Trinajstić information content (AvgIpc) is 3.07. The van der Waals surface area contributed by atoms with Crippen LogP contribution >= 0.6 is 11.8 Å². The van der Waals surface area contributed by atoms with E-state index in [9.17, 15) is 9.18 Å². The van der Waals surface area contributed by atoms with Gasteiger partial charge in [0.1, 0.15) is 22.7 Å². The van der Waals surface area contributed by atoms with Crippen molar-refractivity contribution in [3.63, 3.8) is 0 Å². The zero-order chi connectivity index (χ0) is 16.5. The third-order valence-electron chi connectivity index (χ3n) is 3.97. The van der Waals surface area contributed by atoms with E-state index < -0.39 is 0 Å². The van der Waals surface area contributed by atoms with Gasteiger partial charge in [-0.2, -0.15) is 0 Å². The number of aromatic nitrogens is 4. The Kier molecular flexibility index (Phi) is 3.89. The van der Waals surface area contributed by atoms with Gasteiger partial charge in [-0.05, 0) is 25.0 Å². The van der Waals surface area contributed by atoms with Crippen LogP contribution in [0.15, 0.2) is 41.9 Å². The number of aromatic amines is 1. The van der Waals surface area contributed by atoms with E-state index in [0.29, 0.717) is 22.9 Å². The van der Waals surface area contributed by atoms with Gasteiger partial charge in [-0.15, -0.1) is 0 Å². The summed E-state index contributed by atoms with van der Waals surface area (Å²) in [5.41, 5.74) is 1.63. The summed E-state index contributed by atoms with van der Waals surface area (Å²) in [5, 5.41) is 0.381. The molecule has 0 aliphatic carbocycles. The molecule has 3 aromatic rings. The fraction of sp³-hybridized carbons (Fsp3) is 0.250. The quantitative estimate of drug-likeness (QED) is 0.740. The van der Waals surface area contributed by atoms with Crippen LogP contribution in [0.4, 0.5) is 10.1 Å². The number of H-pyrrole nitrogens is 1. The van der Waals surface area contributed by atoms with Crippen LogP contribution in [0.25, 0.3) is 11.2 Å². The second-order valence-electron chi connectivity index (χ2n) is 5.47. The Morgan fingerprint density at radius 2 is 2.12 bits per heavy atom. The number of nitrogens with zero attached hydrogens (tertiary/aromatic N) is 4. The first-order valence-electron chi connectivity index (χ1n) is 7.60. The molecule has 122 valence electrons. The molecular formula is C16H14FN5OS. The van der Waals surface area contributed by atoms with Gasteiger partial charge in [0.2, 0.25) is 5.91 Å². The molecule has 24 heavy (non-hydrogen) atoms. The van der Waals surface area contributed by atoms with Crippen molar-refractivity contribution in [2.24, 2.45) is 0 Å². The van der Waals surface area contributed by atoms with E-state index in [1.165, 1.54) is 29.1 Å². The first kappa shape index (κ1) is 15.1. The van der Waals surface area contributed by atoms with Gasteiger partial charge in [0, 0.05) is 6.54 Å². The van der Waals surface area contributed by atoms with Crippen LogP contribution < -0.4 is 4.90 Å². The molecule has 0 saturated carbocycles. The number of hydrogen-bond donors (Lipinski definition) is 1. The molecule has 1 fully saturated rings. The van der Waals surface area contributed by atoms with Gasteiger partial charge in [0.25, 0.3) is 0 Å². The summed E-state index contributed by atoms with van der Waals surface area (Å²) >= 11 is 1.38. The summed E-state index contributed by atoms with van der Waals surface area (Å²) in [6.07, 6.45) is 4.54. The predicted octanol–water partition coefficient (Wildman–Crippen LogP) is 2.78. The highest BCUT2D eigenvalue weighted by atomic mass is 32.2. The maximum Gasteiger partial charge on any atom is 0.240 e. The Hall–Kier alpha value is -2.48. The van der Waals surface area contributed by atoms with Crippen molar-refractivity contribution in [3.8, 4) is 0 Å². The normalized spacial score (nSPS) is 18.3. The molecule has 0 bridgehead atoms. The number of fused-ring (bicyclic) bond motifs is 1. The Balaban J connectivity index is 1.61. The second-order valence-corrected chi connectivity index (χ2v) is 6.66. The lowest BCUT2D eigenvalue weighted by atomic mass is 10.1. The number of para-hydroxylation sites is 1. The second kappa shape index (κ2) is 6.20. The lowest BCUT2D eigenvalue weighted by molar-refractivity contribution is -0.119. The molecule has 0 unspecified atom stereocenters. The van der Waals surface area contributed by atoms with Crippen molar-refractivity contribution >= 4 is 34.5 Å². The molecule has 8 heteroatoms. The molecule has 0 spiro atoms. The number of thioether (sulfide) groups is 1. The van der Waals surface area contributed by atoms with E-state index in [-0.39, 0.29) is 17.0 Å². The zero-order valence-electron chi connectivity index (χ0n) is 12.6. The number of amides is 1. The third-order valence-corrected chi connectivity index (χ3v) is 5.23. The molecule has 1 aliphatic rings. The molecule has 2 aromatic heterocycles. The number of nitrogens with one attached hydrogen (secondary N) is 1. The van der Waals surface area contributed by atoms with Crippen molar-refractivity contribution in [3.05, 3.63) is 42.7 Å². The van der Waals surface area contributed by atoms with E-state index in [2.05, 4.69) is 19.9 Å². The highest BCUT2D eigenvalue weighted by Crippen LogP contribution is 2.34. The van der Waals surface area contributed by atoms with Crippen molar-refractivity contribution < 1.29 is 9.18 Å². The maximum atomic E-state index is 14.0. The molecule has 1 amide bonds. The molecule has 1 saturated heterocycles. The summed E-state index contributed by atoms with van der Waals surface area (Å²) < 4.78 is 14.0. The minimum absolute atomic E-state index is 0.0948. The van der Waals surface area contributed by atoms with Gasteiger partial charge in [0.15, 0.2) is 5.65 Å².